The van der Waals surface area contributed by atoms with Gasteiger partial charge in [-0.1, -0.05) is 30.8 Å². The van der Waals surface area contributed by atoms with Crippen LogP contribution >= 0.6 is 0 Å². The minimum absolute atomic E-state index is 0.00228. The predicted octanol–water partition coefficient (Wildman–Crippen LogP) is 2.88. The van der Waals surface area contributed by atoms with Crippen molar-refractivity contribution in [3.05, 3.63) is 60.9 Å². The number of likely N-dealkylation sites (tertiary alicyclic amines) is 1. The van der Waals surface area contributed by atoms with Gasteiger partial charge < -0.3 is 21.7 Å². The molecule has 0 bridgehead atoms. The van der Waals surface area contributed by atoms with E-state index in [1.807, 2.05) is 28.9 Å². The van der Waals surface area contributed by atoms with Gasteiger partial charge in [0.2, 0.25) is 5.91 Å². The number of hydrogen-bond acceptors (Lipinski definition) is 4. The van der Waals surface area contributed by atoms with E-state index in [0.717, 1.165) is 35.1 Å². The number of nitrogens with two attached hydrogens (primary N) is 2. The van der Waals surface area contributed by atoms with Crippen molar-refractivity contribution in [2.24, 2.45) is 16.5 Å². The van der Waals surface area contributed by atoms with Crippen LogP contribution in [0.15, 0.2) is 60.1 Å². The summed E-state index contributed by atoms with van der Waals surface area (Å²) in [4.78, 5) is 18.0. The standard InChI is InChI=1S/C24H28FN7O/c1-2-22(33)31-13-5-6-17(15-31)32-23(28-11-12-29-24(26)27)19-14-16(9-10-21(19)30-32)18-7-3-4-8-20(18)25/h2-4,7-10,14,17,28H,1,5-6,11-13,15H2,(H4,26,27,29). The monoisotopic (exact) mass is 449 g/mol. The molecular weight excluding hydrogens is 421 g/mol. The molecule has 8 nitrogen and oxygen atoms in total. The summed E-state index contributed by atoms with van der Waals surface area (Å²) >= 11 is 0. The number of guanidine groups is 1. The topological polar surface area (TPSA) is 115 Å². The van der Waals surface area contributed by atoms with Crippen molar-refractivity contribution in [2.45, 2.75) is 18.9 Å². The summed E-state index contributed by atoms with van der Waals surface area (Å²) < 4.78 is 16.4. The highest BCUT2D eigenvalue weighted by Crippen LogP contribution is 2.34. The zero-order chi connectivity index (χ0) is 23.4. The number of benzene rings is 2. The number of amides is 1. The number of nitrogens with zero attached hydrogens (tertiary/aromatic N) is 4. The molecular formula is C24H28FN7O. The molecule has 2 heterocycles. The van der Waals surface area contributed by atoms with Gasteiger partial charge in [0.15, 0.2) is 5.96 Å². The van der Waals surface area contributed by atoms with Gasteiger partial charge in [-0.2, -0.15) is 5.10 Å². The van der Waals surface area contributed by atoms with Gasteiger partial charge >= 0.3 is 0 Å². The fourth-order valence-electron chi connectivity index (χ4n) is 4.25. The van der Waals surface area contributed by atoms with E-state index in [1.54, 1.807) is 17.0 Å². The Morgan fingerprint density at radius 3 is 2.88 bits per heavy atom. The lowest BCUT2D eigenvalue weighted by atomic mass is 10.0. The lowest BCUT2D eigenvalue weighted by molar-refractivity contribution is -0.127. The zero-order valence-corrected chi connectivity index (χ0v) is 18.4. The van der Waals surface area contributed by atoms with E-state index < -0.39 is 0 Å². The summed E-state index contributed by atoms with van der Waals surface area (Å²) in [5.41, 5.74) is 13.0. The average molecular weight is 450 g/mol. The summed E-state index contributed by atoms with van der Waals surface area (Å²) in [6.45, 7) is 5.74. The molecule has 1 amide bonds. The second kappa shape index (κ2) is 9.72. The highest BCUT2D eigenvalue weighted by molar-refractivity contribution is 5.94. The number of anilines is 1. The van der Waals surface area contributed by atoms with Crippen molar-refractivity contribution < 1.29 is 9.18 Å². The molecule has 1 aromatic heterocycles. The SMILES string of the molecule is C=CC(=O)N1CCCC(n2nc3ccc(-c4ccccc4F)cc3c2NCCN=C(N)N)C1. The van der Waals surface area contributed by atoms with Crippen molar-refractivity contribution >= 4 is 28.6 Å². The van der Waals surface area contributed by atoms with Crippen LogP contribution in [0, 0.1) is 5.82 Å². The highest BCUT2D eigenvalue weighted by Gasteiger charge is 2.27. The Kier molecular flexibility index (Phi) is 6.58. The van der Waals surface area contributed by atoms with Crippen molar-refractivity contribution in [1.29, 1.82) is 0 Å². The minimum atomic E-state index is -0.280. The third kappa shape index (κ3) is 4.82. The summed E-state index contributed by atoms with van der Waals surface area (Å²) in [7, 11) is 0. The van der Waals surface area contributed by atoms with Crippen molar-refractivity contribution in [2.75, 3.05) is 31.5 Å². The Morgan fingerprint density at radius 2 is 2.12 bits per heavy atom. The van der Waals surface area contributed by atoms with Gasteiger partial charge in [0, 0.05) is 30.6 Å². The number of hydrogen-bond donors (Lipinski definition) is 3. The molecule has 5 N–H and O–H groups in total. The number of carbonyl (C=O) groups is 1. The Bertz CT molecular complexity index is 1200. The summed E-state index contributed by atoms with van der Waals surface area (Å²) in [6, 6.07) is 12.4. The van der Waals surface area contributed by atoms with Crippen LogP contribution < -0.4 is 16.8 Å². The second-order valence-corrected chi connectivity index (χ2v) is 8.02. The number of fused-ring (bicyclic) bond motifs is 1. The van der Waals surface area contributed by atoms with Crippen molar-refractivity contribution in [3.63, 3.8) is 0 Å². The molecule has 1 unspecified atom stereocenters. The first kappa shape index (κ1) is 22.3. The van der Waals surface area contributed by atoms with Gasteiger partial charge in [-0.15, -0.1) is 0 Å². The average Bonchev–Trinajstić information content (AvgIpc) is 3.19. The van der Waals surface area contributed by atoms with Crippen molar-refractivity contribution in [3.8, 4) is 11.1 Å². The molecule has 1 fully saturated rings. The first-order valence-electron chi connectivity index (χ1n) is 11.0. The van der Waals surface area contributed by atoms with Crippen molar-refractivity contribution in [1.82, 2.24) is 14.7 Å². The van der Waals surface area contributed by atoms with E-state index in [-0.39, 0.29) is 23.7 Å². The molecule has 0 radical (unpaired) electrons. The van der Waals surface area contributed by atoms with Gasteiger partial charge in [-0.05, 0) is 42.7 Å². The molecule has 9 heteroatoms. The Balaban J connectivity index is 1.74. The van der Waals surface area contributed by atoms with Gasteiger partial charge in [0.1, 0.15) is 11.6 Å². The number of piperidine rings is 1. The number of aliphatic imine (C=N–C) groups is 1. The van der Waals surface area contributed by atoms with Gasteiger partial charge in [-0.25, -0.2) is 9.07 Å². The maximum absolute atomic E-state index is 14.4. The normalized spacial score (nSPS) is 15.9. The second-order valence-electron chi connectivity index (χ2n) is 8.02. The number of carbonyl (C=O) groups excluding carboxylic acids is 1. The molecule has 0 aliphatic carbocycles. The van der Waals surface area contributed by atoms with Crippen LogP contribution in [-0.4, -0.2) is 52.7 Å². The van der Waals surface area contributed by atoms with Gasteiger partial charge in [0.05, 0.1) is 18.1 Å². The summed E-state index contributed by atoms with van der Waals surface area (Å²) in [6.07, 6.45) is 3.10. The van der Waals surface area contributed by atoms with Gasteiger partial charge in [-0.3, -0.25) is 9.79 Å². The number of nitrogens with one attached hydrogen (secondary N) is 1. The minimum Gasteiger partial charge on any atom is -0.370 e. The molecule has 33 heavy (non-hydrogen) atoms. The fourth-order valence-corrected chi connectivity index (χ4v) is 4.25. The molecule has 1 atom stereocenters. The fraction of sp³-hybridized carbons (Fsp3) is 0.292. The van der Waals surface area contributed by atoms with Gasteiger partial charge in [0.25, 0.3) is 0 Å². The lowest BCUT2D eigenvalue weighted by Crippen LogP contribution is -2.40. The maximum Gasteiger partial charge on any atom is 0.246 e. The molecule has 4 rings (SSSR count). The molecule has 1 aliphatic rings. The smallest absolute Gasteiger partial charge is 0.246 e. The largest absolute Gasteiger partial charge is 0.370 e. The molecule has 3 aromatic rings. The third-order valence-corrected chi connectivity index (χ3v) is 5.81. The molecule has 0 saturated carbocycles. The summed E-state index contributed by atoms with van der Waals surface area (Å²) in [5, 5.41) is 9.11. The Morgan fingerprint density at radius 1 is 1.30 bits per heavy atom. The quantitative estimate of drug-likeness (QED) is 0.222. The van der Waals surface area contributed by atoms with Crippen LogP contribution in [0.25, 0.3) is 22.0 Å². The third-order valence-electron chi connectivity index (χ3n) is 5.81. The summed E-state index contributed by atoms with van der Waals surface area (Å²) in [5.74, 6) is 0.465. The first-order chi connectivity index (χ1) is 16.0. The van der Waals surface area contributed by atoms with E-state index in [2.05, 4.69) is 16.9 Å². The molecule has 1 saturated heterocycles. The van der Waals surface area contributed by atoms with Crippen LogP contribution in [0.4, 0.5) is 10.2 Å². The van der Waals surface area contributed by atoms with Crippen LogP contribution in [0.1, 0.15) is 18.9 Å². The molecule has 1 aliphatic heterocycles. The number of rotatable bonds is 7. The maximum atomic E-state index is 14.4. The zero-order valence-electron chi connectivity index (χ0n) is 18.4. The van der Waals surface area contributed by atoms with Crippen LogP contribution in [0.2, 0.25) is 0 Å². The van der Waals surface area contributed by atoms with E-state index in [9.17, 15) is 9.18 Å². The van der Waals surface area contributed by atoms with E-state index >= 15 is 0 Å². The first-order valence-corrected chi connectivity index (χ1v) is 11.0. The highest BCUT2D eigenvalue weighted by atomic mass is 19.1. The lowest BCUT2D eigenvalue weighted by Gasteiger charge is -2.33. The van der Waals surface area contributed by atoms with E-state index in [1.165, 1.54) is 12.1 Å². The van der Waals surface area contributed by atoms with Crippen LogP contribution in [0.3, 0.4) is 0 Å². The van der Waals surface area contributed by atoms with Crippen LogP contribution in [-0.2, 0) is 4.79 Å². The number of aromatic nitrogens is 2. The molecule has 2 aromatic carbocycles. The van der Waals surface area contributed by atoms with Crippen LogP contribution in [0.5, 0.6) is 0 Å². The number of halogens is 1. The van der Waals surface area contributed by atoms with E-state index in [0.29, 0.717) is 31.7 Å². The predicted molar refractivity (Wildman–Crippen MR) is 129 cm³/mol. The Hall–Kier alpha value is -3.88. The van der Waals surface area contributed by atoms with E-state index in [4.69, 9.17) is 16.6 Å². The Labute approximate surface area is 191 Å². The molecule has 172 valence electrons. The molecule has 0 spiro atoms.